The van der Waals surface area contributed by atoms with Crippen LogP contribution in [0, 0.1) is 5.92 Å². The molecule has 1 aromatic carbocycles. The minimum absolute atomic E-state index is 0.140. The van der Waals surface area contributed by atoms with Crippen LogP contribution in [0.5, 0.6) is 0 Å². The predicted octanol–water partition coefficient (Wildman–Crippen LogP) is 5.06. The van der Waals surface area contributed by atoms with Crippen LogP contribution in [0.2, 0.25) is 5.02 Å². The molecule has 1 aliphatic rings. The van der Waals surface area contributed by atoms with Crippen molar-refractivity contribution in [1.29, 1.82) is 0 Å². The summed E-state index contributed by atoms with van der Waals surface area (Å²) < 4.78 is 39.1. The number of carboxylic acids is 1. The first-order valence-electron chi connectivity index (χ1n) is 6.87. The van der Waals surface area contributed by atoms with Gasteiger partial charge in [0.15, 0.2) is 0 Å². The quantitative estimate of drug-likeness (QED) is 0.822. The van der Waals surface area contributed by atoms with Crippen LogP contribution in [0.1, 0.15) is 37.8 Å². The molecule has 0 aromatic heterocycles. The fraction of sp³-hybridized carbons (Fsp3) is 0.438. The molecule has 6 heteroatoms. The Balaban J connectivity index is 2.60. The molecule has 0 unspecified atom stereocenters. The van der Waals surface area contributed by atoms with Gasteiger partial charge in [-0.2, -0.15) is 13.2 Å². The van der Waals surface area contributed by atoms with Gasteiger partial charge in [0, 0.05) is 11.0 Å². The number of carboxylic acid groups (broad SMARTS) is 1. The molecule has 0 fully saturated rings. The molecule has 0 saturated heterocycles. The van der Waals surface area contributed by atoms with Gasteiger partial charge in [0.1, 0.15) is 0 Å². The standard InChI is InChI=1S/C16H16ClF3O2/c1-9-3-5-11(14(21)22)15(2,8-9)10-4-6-13(17)12(7-10)16(18,19)20/h4-7,9H,3,8H2,1-2H3,(H,21,22)/t9-,15-/m1/s1. The molecule has 0 bridgehead atoms. The summed E-state index contributed by atoms with van der Waals surface area (Å²) in [5.41, 5.74) is -1.44. The summed E-state index contributed by atoms with van der Waals surface area (Å²) in [7, 11) is 0. The maximum Gasteiger partial charge on any atom is 0.417 e. The van der Waals surface area contributed by atoms with Gasteiger partial charge in [-0.05, 0) is 36.5 Å². The van der Waals surface area contributed by atoms with Gasteiger partial charge in [-0.3, -0.25) is 0 Å². The molecular formula is C16H16ClF3O2. The minimum atomic E-state index is -4.57. The fourth-order valence-electron chi connectivity index (χ4n) is 3.12. The van der Waals surface area contributed by atoms with Crippen molar-refractivity contribution in [2.75, 3.05) is 0 Å². The molecule has 2 rings (SSSR count). The number of carbonyl (C=O) groups is 1. The van der Waals surface area contributed by atoms with E-state index in [1.807, 2.05) is 6.92 Å². The summed E-state index contributed by atoms with van der Waals surface area (Å²) in [5, 5.41) is 9.00. The molecule has 0 spiro atoms. The number of allylic oxidation sites excluding steroid dienone is 1. The van der Waals surface area contributed by atoms with Crippen molar-refractivity contribution in [2.45, 2.75) is 38.3 Å². The van der Waals surface area contributed by atoms with E-state index < -0.39 is 23.1 Å². The third-order valence-electron chi connectivity index (χ3n) is 4.21. The van der Waals surface area contributed by atoms with E-state index in [-0.39, 0.29) is 16.5 Å². The van der Waals surface area contributed by atoms with Crippen molar-refractivity contribution in [3.63, 3.8) is 0 Å². The largest absolute Gasteiger partial charge is 0.478 e. The Labute approximate surface area is 131 Å². The van der Waals surface area contributed by atoms with Crippen molar-refractivity contribution < 1.29 is 23.1 Å². The average molecular weight is 333 g/mol. The van der Waals surface area contributed by atoms with Gasteiger partial charge in [0.25, 0.3) is 0 Å². The monoisotopic (exact) mass is 332 g/mol. The Morgan fingerprint density at radius 3 is 2.59 bits per heavy atom. The van der Waals surface area contributed by atoms with Crippen molar-refractivity contribution in [3.05, 3.63) is 46.0 Å². The molecule has 0 aliphatic heterocycles. The molecule has 1 aliphatic carbocycles. The highest BCUT2D eigenvalue weighted by Crippen LogP contribution is 2.45. The minimum Gasteiger partial charge on any atom is -0.478 e. The Hall–Kier alpha value is -1.49. The van der Waals surface area contributed by atoms with Crippen molar-refractivity contribution in [3.8, 4) is 0 Å². The molecule has 22 heavy (non-hydrogen) atoms. The van der Waals surface area contributed by atoms with Gasteiger partial charge >= 0.3 is 12.1 Å². The van der Waals surface area contributed by atoms with E-state index >= 15 is 0 Å². The first-order valence-corrected chi connectivity index (χ1v) is 7.24. The van der Waals surface area contributed by atoms with Gasteiger partial charge in [0.05, 0.1) is 10.6 Å². The van der Waals surface area contributed by atoms with Gasteiger partial charge < -0.3 is 5.11 Å². The lowest BCUT2D eigenvalue weighted by Crippen LogP contribution is -2.34. The highest BCUT2D eigenvalue weighted by molar-refractivity contribution is 6.31. The number of benzene rings is 1. The number of hydrogen-bond acceptors (Lipinski definition) is 1. The smallest absolute Gasteiger partial charge is 0.417 e. The number of halogens is 4. The van der Waals surface area contributed by atoms with E-state index in [1.165, 1.54) is 12.1 Å². The molecule has 1 N–H and O–H groups in total. The van der Waals surface area contributed by atoms with E-state index in [9.17, 15) is 23.1 Å². The summed E-state index contributed by atoms with van der Waals surface area (Å²) in [6, 6.07) is 3.63. The second-order valence-electron chi connectivity index (χ2n) is 5.99. The summed E-state index contributed by atoms with van der Waals surface area (Å²) in [5.74, 6) is -0.906. The molecule has 0 heterocycles. The summed E-state index contributed by atoms with van der Waals surface area (Å²) in [4.78, 5) is 11.5. The number of alkyl halides is 3. The van der Waals surface area contributed by atoms with Gasteiger partial charge in [0.2, 0.25) is 0 Å². The lowest BCUT2D eigenvalue weighted by Gasteiger charge is -2.37. The van der Waals surface area contributed by atoms with Crippen LogP contribution in [0.4, 0.5) is 13.2 Å². The number of aliphatic carboxylic acids is 1. The number of hydrogen-bond donors (Lipinski definition) is 1. The third-order valence-corrected chi connectivity index (χ3v) is 4.54. The SMILES string of the molecule is C[C@@H]1CC=C(C(=O)O)[C@@](C)(c2ccc(Cl)c(C(F)(F)F)c2)C1. The Morgan fingerprint density at radius 1 is 1.41 bits per heavy atom. The zero-order chi connectivity index (χ0) is 16.7. The average Bonchev–Trinajstić information content (AvgIpc) is 2.36. The van der Waals surface area contributed by atoms with E-state index in [1.54, 1.807) is 13.0 Å². The van der Waals surface area contributed by atoms with E-state index in [4.69, 9.17) is 11.6 Å². The highest BCUT2D eigenvalue weighted by atomic mass is 35.5. The zero-order valence-corrected chi connectivity index (χ0v) is 12.9. The number of rotatable bonds is 2. The van der Waals surface area contributed by atoms with E-state index in [0.717, 1.165) is 6.07 Å². The molecule has 2 nitrogen and oxygen atoms in total. The Morgan fingerprint density at radius 2 is 2.05 bits per heavy atom. The van der Waals surface area contributed by atoms with Crippen LogP contribution in [-0.4, -0.2) is 11.1 Å². The molecule has 1 aromatic rings. The van der Waals surface area contributed by atoms with Crippen molar-refractivity contribution in [2.24, 2.45) is 5.92 Å². The molecule has 120 valence electrons. The normalized spacial score (nSPS) is 25.7. The van der Waals surface area contributed by atoms with Gasteiger partial charge in [-0.1, -0.05) is 37.6 Å². The van der Waals surface area contributed by atoms with Crippen molar-refractivity contribution >= 4 is 17.6 Å². The highest BCUT2D eigenvalue weighted by Gasteiger charge is 2.41. The van der Waals surface area contributed by atoms with Crippen molar-refractivity contribution in [1.82, 2.24) is 0 Å². The fourth-order valence-corrected chi connectivity index (χ4v) is 3.34. The van der Waals surface area contributed by atoms with E-state index in [2.05, 4.69) is 0 Å². The first-order chi connectivity index (χ1) is 10.1. The zero-order valence-electron chi connectivity index (χ0n) is 12.2. The molecule has 0 radical (unpaired) electrons. The topological polar surface area (TPSA) is 37.3 Å². The predicted molar refractivity (Wildman–Crippen MR) is 77.9 cm³/mol. The van der Waals surface area contributed by atoms with Crippen LogP contribution in [0.3, 0.4) is 0 Å². The van der Waals surface area contributed by atoms with Crippen LogP contribution < -0.4 is 0 Å². The maximum atomic E-state index is 13.0. The molecular weight excluding hydrogens is 317 g/mol. The lowest BCUT2D eigenvalue weighted by atomic mass is 9.66. The van der Waals surface area contributed by atoms with Gasteiger partial charge in [-0.25, -0.2) is 4.79 Å². The van der Waals surface area contributed by atoms with Crippen LogP contribution >= 0.6 is 11.6 Å². The van der Waals surface area contributed by atoms with Crippen LogP contribution in [-0.2, 0) is 16.4 Å². The van der Waals surface area contributed by atoms with Crippen LogP contribution in [0.25, 0.3) is 0 Å². The Kier molecular flexibility index (Phi) is 4.30. The molecule has 0 saturated carbocycles. The first kappa shape index (κ1) is 16.9. The lowest BCUT2D eigenvalue weighted by molar-refractivity contribution is -0.137. The van der Waals surface area contributed by atoms with E-state index in [0.29, 0.717) is 18.4 Å². The third kappa shape index (κ3) is 3.00. The molecule has 2 atom stereocenters. The van der Waals surface area contributed by atoms with Gasteiger partial charge in [-0.15, -0.1) is 0 Å². The Bertz CT molecular complexity index is 637. The second kappa shape index (κ2) is 5.61. The summed E-state index contributed by atoms with van der Waals surface area (Å²) in [6.45, 7) is 3.62. The second-order valence-corrected chi connectivity index (χ2v) is 6.40. The summed E-state index contributed by atoms with van der Waals surface area (Å²) >= 11 is 5.64. The molecule has 0 amide bonds. The summed E-state index contributed by atoms with van der Waals surface area (Å²) in [6.07, 6.45) is -1.88. The van der Waals surface area contributed by atoms with Crippen LogP contribution in [0.15, 0.2) is 29.8 Å². The maximum absolute atomic E-state index is 13.0.